The largest absolute Gasteiger partial charge is 0.360 e. The Morgan fingerprint density at radius 3 is 2.81 bits per heavy atom. The summed E-state index contributed by atoms with van der Waals surface area (Å²) in [4.78, 5) is 47.6. The Kier molecular flexibility index (Phi) is 4.52. The van der Waals surface area contributed by atoms with Crippen molar-refractivity contribution in [1.82, 2.24) is 19.5 Å². The number of para-hydroxylation sites is 1. The third kappa shape index (κ3) is 3.24. The summed E-state index contributed by atoms with van der Waals surface area (Å²) in [6.07, 6.45) is 1.90. The summed E-state index contributed by atoms with van der Waals surface area (Å²) >= 11 is 1.32. The molecule has 1 amide bonds. The molecule has 2 aromatic carbocycles. The van der Waals surface area contributed by atoms with Crippen molar-refractivity contribution in [2.45, 2.75) is 13.5 Å². The van der Waals surface area contributed by atoms with Crippen LogP contribution in [-0.4, -0.2) is 25.4 Å². The number of thiazole rings is 1. The Morgan fingerprint density at radius 2 is 1.97 bits per heavy atom. The van der Waals surface area contributed by atoms with Gasteiger partial charge in [-0.3, -0.25) is 19.5 Å². The molecule has 0 aliphatic rings. The van der Waals surface area contributed by atoms with Gasteiger partial charge in [0, 0.05) is 40.2 Å². The first kappa shape index (κ1) is 19.0. The minimum Gasteiger partial charge on any atom is -0.360 e. The maximum Gasteiger partial charge on any atom is 0.328 e. The molecule has 0 fully saturated rings. The van der Waals surface area contributed by atoms with E-state index in [1.54, 1.807) is 19.1 Å². The average molecular weight is 431 g/mol. The number of amides is 1. The number of nitrogens with zero attached hydrogens (tertiary/aromatic N) is 2. The van der Waals surface area contributed by atoms with Gasteiger partial charge >= 0.3 is 5.69 Å². The van der Waals surface area contributed by atoms with Gasteiger partial charge in [-0.05, 0) is 31.2 Å². The zero-order chi connectivity index (χ0) is 21.5. The van der Waals surface area contributed by atoms with Gasteiger partial charge in [0.25, 0.3) is 11.5 Å². The van der Waals surface area contributed by atoms with E-state index in [1.807, 2.05) is 35.8 Å². The van der Waals surface area contributed by atoms with Crippen LogP contribution in [0.15, 0.2) is 63.6 Å². The van der Waals surface area contributed by atoms with Gasteiger partial charge in [0.05, 0.1) is 16.6 Å². The number of H-pyrrole nitrogens is 2. The van der Waals surface area contributed by atoms with Crippen LogP contribution in [-0.2, 0) is 6.54 Å². The lowest BCUT2D eigenvalue weighted by Gasteiger charge is -2.06. The fourth-order valence-corrected chi connectivity index (χ4v) is 4.30. The van der Waals surface area contributed by atoms with Crippen molar-refractivity contribution in [3.63, 3.8) is 0 Å². The minimum absolute atomic E-state index is 0.273. The average Bonchev–Trinajstić information content (AvgIpc) is 3.40. The van der Waals surface area contributed by atoms with Gasteiger partial charge in [0.2, 0.25) is 0 Å². The van der Waals surface area contributed by atoms with E-state index in [9.17, 15) is 14.4 Å². The summed E-state index contributed by atoms with van der Waals surface area (Å²) in [5.74, 6) is -0.373. The van der Waals surface area contributed by atoms with Crippen molar-refractivity contribution < 1.29 is 4.79 Å². The van der Waals surface area contributed by atoms with E-state index in [2.05, 4.69) is 20.3 Å². The van der Waals surface area contributed by atoms with Crippen LogP contribution in [0.5, 0.6) is 0 Å². The summed E-state index contributed by atoms with van der Waals surface area (Å²) in [6, 6.07) is 12.5. The number of benzene rings is 2. The fraction of sp³-hybridized carbons (Fsp3) is 0.0909. The van der Waals surface area contributed by atoms with Crippen LogP contribution in [0, 0.1) is 0 Å². The number of hydrogen-bond acceptors (Lipinski definition) is 5. The number of fused-ring (bicyclic) bond motifs is 2. The SMILES string of the molecule is CCn1c(=O)[nH]c2cc(C(=O)Nc3nc(-c4c[nH]c5ccccc45)cs3)ccc2c1=O. The van der Waals surface area contributed by atoms with Crippen molar-refractivity contribution in [3.05, 3.63) is 80.4 Å². The molecule has 31 heavy (non-hydrogen) atoms. The van der Waals surface area contributed by atoms with E-state index in [0.29, 0.717) is 21.6 Å². The smallest absolute Gasteiger partial charge is 0.328 e. The van der Waals surface area contributed by atoms with E-state index >= 15 is 0 Å². The second kappa shape index (κ2) is 7.37. The Hall–Kier alpha value is -3.98. The van der Waals surface area contributed by atoms with Crippen LogP contribution in [0.1, 0.15) is 17.3 Å². The summed E-state index contributed by atoms with van der Waals surface area (Å²) < 4.78 is 1.11. The van der Waals surface area contributed by atoms with Gasteiger partial charge in [-0.1, -0.05) is 18.2 Å². The van der Waals surface area contributed by atoms with Gasteiger partial charge in [0.15, 0.2) is 5.13 Å². The number of nitrogens with one attached hydrogen (secondary N) is 3. The predicted molar refractivity (Wildman–Crippen MR) is 122 cm³/mol. The summed E-state index contributed by atoms with van der Waals surface area (Å²) in [6.45, 7) is 2.00. The van der Waals surface area contributed by atoms with Gasteiger partial charge in [-0.15, -0.1) is 11.3 Å². The van der Waals surface area contributed by atoms with E-state index < -0.39 is 5.69 Å². The van der Waals surface area contributed by atoms with Crippen LogP contribution in [0.3, 0.4) is 0 Å². The number of carbonyl (C=O) groups is 1. The molecule has 0 unspecified atom stereocenters. The molecule has 0 saturated carbocycles. The monoisotopic (exact) mass is 431 g/mol. The zero-order valence-corrected chi connectivity index (χ0v) is 17.2. The van der Waals surface area contributed by atoms with Crippen molar-refractivity contribution in [2.24, 2.45) is 0 Å². The number of hydrogen-bond donors (Lipinski definition) is 3. The maximum absolute atomic E-state index is 12.7. The number of aromatic amines is 2. The summed E-state index contributed by atoms with van der Waals surface area (Å²) in [5, 5.41) is 6.54. The van der Waals surface area contributed by atoms with E-state index in [4.69, 9.17) is 0 Å². The molecule has 3 N–H and O–H groups in total. The first-order chi connectivity index (χ1) is 15.0. The molecule has 0 bridgehead atoms. The number of anilines is 1. The Morgan fingerprint density at radius 1 is 1.13 bits per heavy atom. The predicted octanol–water partition coefficient (Wildman–Crippen LogP) is 3.57. The summed E-state index contributed by atoms with van der Waals surface area (Å²) in [7, 11) is 0. The molecule has 0 aliphatic carbocycles. The van der Waals surface area contributed by atoms with E-state index in [-0.39, 0.29) is 18.0 Å². The van der Waals surface area contributed by atoms with Crippen LogP contribution in [0.25, 0.3) is 33.1 Å². The van der Waals surface area contributed by atoms with E-state index in [1.165, 1.54) is 17.4 Å². The molecule has 0 atom stereocenters. The highest BCUT2D eigenvalue weighted by atomic mass is 32.1. The Balaban J connectivity index is 1.44. The van der Waals surface area contributed by atoms with E-state index in [0.717, 1.165) is 26.7 Å². The highest BCUT2D eigenvalue weighted by Gasteiger charge is 2.14. The van der Waals surface area contributed by atoms with Gasteiger partial charge in [-0.2, -0.15) is 0 Å². The molecule has 9 heteroatoms. The molecule has 0 saturated heterocycles. The zero-order valence-electron chi connectivity index (χ0n) is 16.4. The standard InChI is InChI=1S/C22H17N5O3S/c1-2-27-20(29)14-8-7-12(9-17(14)25-22(27)30)19(28)26-21-24-18(11-31-21)15-10-23-16-6-4-3-5-13(15)16/h3-11,23H,2H2,1H3,(H,25,30)(H,24,26,28). The lowest BCUT2D eigenvalue weighted by atomic mass is 10.1. The van der Waals surface area contributed by atoms with Crippen molar-refractivity contribution in [2.75, 3.05) is 5.32 Å². The Labute approximate surface area is 179 Å². The maximum atomic E-state index is 12.7. The van der Waals surface area contributed by atoms with Crippen LogP contribution in [0.4, 0.5) is 5.13 Å². The number of aromatic nitrogens is 4. The molecule has 3 aromatic heterocycles. The number of carbonyl (C=O) groups excluding carboxylic acids is 1. The van der Waals surface area contributed by atoms with Crippen molar-refractivity contribution in [1.29, 1.82) is 0 Å². The molecule has 0 radical (unpaired) electrons. The molecule has 8 nitrogen and oxygen atoms in total. The second-order valence-corrected chi connectivity index (χ2v) is 7.84. The molecule has 0 aliphatic heterocycles. The first-order valence-corrected chi connectivity index (χ1v) is 10.5. The van der Waals surface area contributed by atoms with Crippen molar-refractivity contribution in [3.8, 4) is 11.3 Å². The quantitative estimate of drug-likeness (QED) is 0.404. The summed E-state index contributed by atoms with van der Waals surface area (Å²) in [5.41, 5.74) is 2.51. The lowest BCUT2D eigenvalue weighted by molar-refractivity contribution is 0.102. The molecule has 5 rings (SSSR count). The lowest BCUT2D eigenvalue weighted by Crippen LogP contribution is -2.34. The molecule has 3 heterocycles. The van der Waals surface area contributed by atoms with Gasteiger partial charge < -0.3 is 9.97 Å². The highest BCUT2D eigenvalue weighted by Crippen LogP contribution is 2.31. The van der Waals surface area contributed by atoms with Crippen LogP contribution >= 0.6 is 11.3 Å². The normalized spacial score (nSPS) is 11.3. The third-order valence-electron chi connectivity index (χ3n) is 5.15. The topological polar surface area (TPSA) is 113 Å². The molecular weight excluding hydrogens is 414 g/mol. The third-order valence-corrected chi connectivity index (χ3v) is 5.91. The molecular formula is C22H17N5O3S. The minimum atomic E-state index is -0.499. The fourth-order valence-electron chi connectivity index (χ4n) is 3.59. The van der Waals surface area contributed by atoms with Crippen LogP contribution < -0.4 is 16.6 Å². The van der Waals surface area contributed by atoms with Gasteiger partial charge in [-0.25, -0.2) is 9.78 Å². The Bertz CT molecular complexity index is 1570. The molecule has 154 valence electrons. The molecule has 5 aromatic rings. The second-order valence-electron chi connectivity index (χ2n) is 6.98. The first-order valence-electron chi connectivity index (χ1n) is 9.65. The van der Waals surface area contributed by atoms with Crippen molar-refractivity contribution >= 4 is 44.2 Å². The number of rotatable bonds is 4. The highest BCUT2D eigenvalue weighted by molar-refractivity contribution is 7.14. The van der Waals surface area contributed by atoms with Crippen LogP contribution in [0.2, 0.25) is 0 Å². The molecule has 0 spiro atoms. The van der Waals surface area contributed by atoms with Gasteiger partial charge in [0.1, 0.15) is 0 Å².